The van der Waals surface area contributed by atoms with E-state index in [1.807, 2.05) is 48.7 Å². The number of rotatable bonds is 7. The van der Waals surface area contributed by atoms with Gasteiger partial charge in [-0.2, -0.15) is 5.10 Å². The molecule has 0 saturated heterocycles. The third-order valence-electron chi connectivity index (χ3n) is 4.77. The molecule has 1 aliphatic heterocycles. The van der Waals surface area contributed by atoms with Gasteiger partial charge in [0.25, 0.3) is 5.91 Å². The van der Waals surface area contributed by atoms with Gasteiger partial charge in [-0.1, -0.05) is 35.9 Å². The summed E-state index contributed by atoms with van der Waals surface area (Å²) in [4.78, 5) is 27.5. The lowest BCUT2D eigenvalue weighted by Gasteiger charge is -2.26. The van der Waals surface area contributed by atoms with Crippen molar-refractivity contribution in [1.29, 1.82) is 0 Å². The Morgan fingerprint density at radius 1 is 1.29 bits per heavy atom. The van der Waals surface area contributed by atoms with Gasteiger partial charge in [-0.3, -0.25) is 9.59 Å². The van der Waals surface area contributed by atoms with E-state index in [1.165, 1.54) is 17.4 Å². The number of hydrazone groups is 1. The minimum atomic E-state index is -0.191. The number of amides is 2. The zero-order valence-electron chi connectivity index (χ0n) is 16.4. The Labute approximate surface area is 169 Å². The SMILES string of the molecule is COCCN(CC(=O)N1N=C(c2cccs2)C[C@H]1c1ccc(C)cc1)C(C)=O. The summed E-state index contributed by atoms with van der Waals surface area (Å²) in [6.45, 7) is 4.25. The normalized spacial score (nSPS) is 16.2. The molecule has 0 spiro atoms. The van der Waals surface area contributed by atoms with E-state index in [0.717, 1.165) is 16.2 Å². The summed E-state index contributed by atoms with van der Waals surface area (Å²) in [6.07, 6.45) is 0.660. The summed E-state index contributed by atoms with van der Waals surface area (Å²) in [7, 11) is 1.58. The first-order valence-corrected chi connectivity index (χ1v) is 10.1. The number of ether oxygens (including phenoxy) is 1. The molecule has 0 radical (unpaired) electrons. The average molecular weight is 400 g/mol. The van der Waals surface area contributed by atoms with E-state index < -0.39 is 0 Å². The second-order valence-electron chi connectivity index (χ2n) is 6.83. The van der Waals surface area contributed by atoms with Crippen LogP contribution in [0.2, 0.25) is 0 Å². The summed E-state index contributed by atoms with van der Waals surface area (Å²) >= 11 is 1.61. The minimum Gasteiger partial charge on any atom is -0.383 e. The summed E-state index contributed by atoms with van der Waals surface area (Å²) in [6, 6.07) is 12.0. The molecule has 0 unspecified atom stereocenters. The summed E-state index contributed by atoms with van der Waals surface area (Å²) in [5.74, 6) is -0.345. The maximum Gasteiger partial charge on any atom is 0.262 e. The van der Waals surface area contributed by atoms with Crippen molar-refractivity contribution in [3.8, 4) is 0 Å². The Hall–Kier alpha value is -2.51. The van der Waals surface area contributed by atoms with Crippen LogP contribution in [0.4, 0.5) is 0 Å². The Balaban J connectivity index is 1.85. The quantitative estimate of drug-likeness (QED) is 0.718. The summed E-state index contributed by atoms with van der Waals surface area (Å²) < 4.78 is 5.05. The minimum absolute atomic E-state index is 0.0116. The fourth-order valence-electron chi connectivity index (χ4n) is 3.17. The lowest BCUT2D eigenvalue weighted by molar-refractivity contribution is -0.141. The molecule has 1 atom stereocenters. The van der Waals surface area contributed by atoms with Gasteiger partial charge in [0.05, 0.1) is 23.2 Å². The van der Waals surface area contributed by atoms with Crippen molar-refractivity contribution in [2.24, 2.45) is 5.10 Å². The van der Waals surface area contributed by atoms with Crippen LogP contribution in [0.1, 0.15) is 35.4 Å². The molecular weight excluding hydrogens is 374 g/mol. The lowest BCUT2D eigenvalue weighted by Crippen LogP contribution is -2.41. The Morgan fingerprint density at radius 3 is 2.64 bits per heavy atom. The van der Waals surface area contributed by atoms with Crippen LogP contribution in [-0.2, 0) is 14.3 Å². The highest BCUT2D eigenvalue weighted by molar-refractivity contribution is 7.12. The topological polar surface area (TPSA) is 62.2 Å². The number of aryl methyl sites for hydroxylation is 1. The molecule has 2 heterocycles. The first-order valence-electron chi connectivity index (χ1n) is 9.24. The van der Waals surface area contributed by atoms with Gasteiger partial charge < -0.3 is 9.64 Å². The van der Waals surface area contributed by atoms with Crippen molar-refractivity contribution in [3.63, 3.8) is 0 Å². The first kappa shape index (κ1) is 20.2. The number of nitrogens with zero attached hydrogens (tertiary/aromatic N) is 3. The summed E-state index contributed by atoms with van der Waals surface area (Å²) in [5.41, 5.74) is 3.11. The maximum atomic E-state index is 13.1. The molecule has 2 aromatic rings. The van der Waals surface area contributed by atoms with Crippen LogP contribution in [0.25, 0.3) is 0 Å². The Bertz CT molecular complexity index is 846. The van der Waals surface area contributed by atoms with Crippen LogP contribution in [-0.4, -0.2) is 54.2 Å². The van der Waals surface area contributed by atoms with E-state index in [2.05, 4.69) is 5.10 Å². The van der Waals surface area contributed by atoms with Crippen LogP contribution in [0, 0.1) is 6.92 Å². The summed E-state index contributed by atoms with van der Waals surface area (Å²) in [5, 5.41) is 8.19. The predicted molar refractivity (Wildman–Crippen MR) is 110 cm³/mol. The molecule has 2 amide bonds. The third-order valence-corrected chi connectivity index (χ3v) is 5.69. The lowest BCUT2D eigenvalue weighted by atomic mass is 10.00. The van der Waals surface area contributed by atoms with Crippen LogP contribution in [0.5, 0.6) is 0 Å². The highest BCUT2D eigenvalue weighted by Gasteiger charge is 2.34. The molecule has 6 nitrogen and oxygen atoms in total. The van der Waals surface area contributed by atoms with Crippen molar-refractivity contribution < 1.29 is 14.3 Å². The van der Waals surface area contributed by atoms with Crippen molar-refractivity contribution in [1.82, 2.24) is 9.91 Å². The first-order chi connectivity index (χ1) is 13.5. The predicted octanol–water partition coefficient (Wildman–Crippen LogP) is 3.23. The zero-order chi connectivity index (χ0) is 20.1. The van der Waals surface area contributed by atoms with Gasteiger partial charge in [-0.15, -0.1) is 11.3 Å². The number of thiophene rings is 1. The molecule has 28 heavy (non-hydrogen) atoms. The van der Waals surface area contributed by atoms with Crippen LogP contribution in [0.15, 0.2) is 46.9 Å². The van der Waals surface area contributed by atoms with E-state index in [4.69, 9.17) is 4.74 Å². The monoisotopic (exact) mass is 399 g/mol. The van der Waals surface area contributed by atoms with Gasteiger partial charge in [0.2, 0.25) is 5.91 Å². The Kier molecular flexibility index (Phi) is 6.59. The number of benzene rings is 1. The van der Waals surface area contributed by atoms with Crippen molar-refractivity contribution in [2.45, 2.75) is 26.3 Å². The average Bonchev–Trinajstić information content (AvgIpc) is 3.35. The fraction of sp³-hybridized carbons (Fsp3) is 0.381. The molecule has 0 bridgehead atoms. The molecule has 0 aliphatic carbocycles. The number of methoxy groups -OCH3 is 1. The number of carbonyl (C=O) groups excluding carboxylic acids is 2. The van der Waals surface area contributed by atoms with Gasteiger partial charge in [0.1, 0.15) is 6.54 Å². The molecule has 3 rings (SSSR count). The molecule has 0 saturated carbocycles. The third kappa shape index (κ3) is 4.66. The molecule has 1 aliphatic rings. The van der Waals surface area contributed by atoms with Crippen molar-refractivity contribution in [3.05, 3.63) is 57.8 Å². The van der Waals surface area contributed by atoms with E-state index in [0.29, 0.717) is 19.6 Å². The molecule has 1 aromatic heterocycles. The fourth-order valence-corrected chi connectivity index (χ4v) is 3.89. The van der Waals surface area contributed by atoms with E-state index in [9.17, 15) is 9.59 Å². The van der Waals surface area contributed by atoms with Gasteiger partial charge in [0, 0.05) is 27.0 Å². The molecule has 1 aromatic carbocycles. The largest absolute Gasteiger partial charge is 0.383 e. The molecule has 0 fully saturated rings. The number of hydrogen-bond donors (Lipinski definition) is 0. The number of hydrogen-bond acceptors (Lipinski definition) is 5. The van der Waals surface area contributed by atoms with Gasteiger partial charge >= 0.3 is 0 Å². The number of carbonyl (C=O) groups is 2. The molecule has 148 valence electrons. The van der Waals surface area contributed by atoms with Crippen molar-refractivity contribution >= 4 is 28.9 Å². The van der Waals surface area contributed by atoms with E-state index in [1.54, 1.807) is 23.5 Å². The standard InChI is InChI=1S/C21H25N3O3S/c1-15-6-8-17(9-7-15)19-13-18(20-5-4-12-28-20)22-24(19)21(26)14-23(16(2)25)10-11-27-3/h4-9,12,19H,10-11,13-14H2,1-3H3/t19-/m0/s1. The smallest absolute Gasteiger partial charge is 0.262 e. The van der Waals surface area contributed by atoms with E-state index >= 15 is 0 Å². The van der Waals surface area contributed by atoms with Crippen LogP contribution >= 0.6 is 11.3 Å². The Morgan fingerprint density at radius 2 is 2.04 bits per heavy atom. The molecule has 7 heteroatoms. The van der Waals surface area contributed by atoms with Gasteiger partial charge in [-0.25, -0.2) is 5.01 Å². The zero-order valence-corrected chi connectivity index (χ0v) is 17.2. The van der Waals surface area contributed by atoms with Gasteiger partial charge in [0.15, 0.2) is 0 Å². The highest BCUT2D eigenvalue weighted by atomic mass is 32.1. The second-order valence-corrected chi connectivity index (χ2v) is 7.77. The second kappa shape index (κ2) is 9.12. The van der Waals surface area contributed by atoms with Crippen LogP contribution in [0.3, 0.4) is 0 Å². The van der Waals surface area contributed by atoms with Gasteiger partial charge in [-0.05, 0) is 23.9 Å². The molecular formula is C21H25N3O3S. The highest BCUT2D eigenvalue weighted by Crippen LogP contribution is 2.34. The van der Waals surface area contributed by atoms with E-state index in [-0.39, 0.29) is 24.4 Å². The molecule has 0 N–H and O–H groups in total. The van der Waals surface area contributed by atoms with Crippen LogP contribution < -0.4 is 0 Å². The maximum absolute atomic E-state index is 13.1. The van der Waals surface area contributed by atoms with Crippen molar-refractivity contribution in [2.75, 3.05) is 26.8 Å².